The Bertz CT molecular complexity index is 433. The van der Waals surface area contributed by atoms with Gasteiger partial charge in [0.25, 0.3) is 5.69 Å². The second-order valence-electron chi connectivity index (χ2n) is 4.43. The molecule has 0 unspecified atom stereocenters. The van der Waals surface area contributed by atoms with Crippen molar-refractivity contribution in [3.63, 3.8) is 0 Å². The molecule has 18 heavy (non-hydrogen) atoms. The molecule has 0 atom stereocenters. The quantitative estimate of drug-likeness (QED) is 0.488. The second kappa shape index (κ2) is 5.37. The van der Waals surface area contributed by atoms with E-state index >= 15 is 0 Å². The Morgan fingerprint density at radius 3 is 2.56 bits per heavy atom. The highest BCUT2D eigenvalue weighted by atomic mass is 16.6. The number of hydrogen-bond donors (Lipinski definition) is 1. The van der Waals surface area contributed by atoms with Crippen molar-refractivity contribution in [2.24, 2.45) is 0 Å². The molecule has 0 amide bonds. The topological polar surface area (TPSA) is 69.8 Å². The van der Waals surface area contributed by atoms with Crippen LogP contribution in [0.15, 0.2) is 24.3 Å². The molecule has 7 heteroatoms. The van der Waals surface area contributed by atoms with Gasteiger partial charge in [0.05, 0.1) is 4.92 Å². The molecule has 2 rings (SSSR count). The predicted molar refractivity (Wildman–Crippen MR) is 70.7 cm³/mol. The van der Waals surface area contributed by atoms with Crippen LogP contribution >= 0.6 is 0 Å². The number of piperazine rings is 1. The maximum absolute atomic E-state index is 10.7. The molecule has 96 valence electrons. The van der Waals surface area contributed by atoms with Gasteiger partial charge in [0.1, 0.15) is 0 Å². The van der Waals surface area contributed by atoms with E-state index < -0.39 is 7.05 Å². The van der Waals surface area contributed by atoms with Crippen LogP contribution in [0.5, 0.6) is 0 Å². The maximum atomic E-state index is 10.7. The number of non-ortho nitro benzene ring substituents is 1. The Labute approximate surface area is 106 Å². The molecule has 1 aliphatic heterocycles. The van der Waals surface area contributed by atoms with Gasteiger partial charge in [-0.25, -0.2) is 0 Å². The Morgan fingerprint density at radius 2 is 2.00 bits per heavy atom. The summed E-state index contributed by atoms with van der Waals surface area (Å²) in [5.41, 5.74) is 0.986. The van der Waals surface area contributed by atoms with Crippen molar-refractivity contribution in [1.82, 2.24) is 4.81 Å². The first-order chi connectivity index (χ1) is 8.58. The summed E-state index contributed by atoms with van der Waals surface area (Å²) in [7, 11) is -0.433. The summed E-state index contributed by atoms with van der Waals surface area (Å²) in [6, 6.07) is 6.67. The summed E-state index contributed by atoms with van der Waals surface area (Å²) < 4.78 is 0. The van der Waals surface area contributed by atoms with E-state index in [0.717, 1.165) is 31.9 Å². The first-order valence-electron chi connectivity index (χ1n) is 5.99. The third-order valence-corrected chi connectivity index (χ3v) is 3.25. The molecular weight excluding hydrogens is 233 g/mol. The van der Waals surface area contributed by atoms with Gasteiger partial charge in [-0.05, 0) is 12.9 Å². The molecule has 1 saturated heterocycles. The average Bonchev–Trinajstić information content (AvgIpc) is 2.39. The van der Waals surface area contributed by atoms with Crippen LogP contribution in [-0.2, 0) is 0 Å². The lowest BCUT2D eigenvalue weighted by Crippen LogP contribution is -2.51. The van der Waals surface area contributed by atoms with Crippen LogP contribution in [0.1, 0.15) is 0 Å². The molecule has 6 nitrogen and oxygen atoms in total. The normalized spacial score (nSPS) is 16.7. The van der Waals surface area contributed by atoms with Gasteiger partial charge in [-0.2, -0.15) is 0 Å². The summed E-state index contributed by atoms with van der Waals surface area (Å²) in [5.74, 6) is 0. The molecule has 1 fully saturated rings. The molecule has 0 aromatic heterocycles. The third-order valence-electron chi connectivity index (χ3n) is 3.25. The van der Waals surface area contributed by atoms with Gasteiger partial charge in [-0.15, -0.1) is 0 Å². The Balaban J connectivity index is 2.05. The van der Waals surface area contributed by atoms with E-state index in [-0.39, 0.29) is 10.6 Å². The molecule has 1 aromatic carbocycles. The van der Waals surface area contributed by atoms with Gasteiger partial charge in [0, 0.05) is 44.0 Å². The van der Waals surface area contributed by atoms with Crippen molar-refractivity contribution in [2.45, 2.75) is 6.82 Å². The summed E-state index contributed by atoms with van der Waals surface area (Å²) in [6.45, 7) is 4.82. The first kappa shape index (κ1) is 12.9. The third kappa shape index (κ3) is 2.80. The SMILES string of the molecule is CB(O)N1CCN(c2cccc([N+](=O)[O-])c2)CC1. The van der Waals surface area contributed by atoms with Crippen LogP contribution in [0.3, 0.4) is 0 Å². The monoisotopic (exact) mass is 249 g/mol. The molecule has 1 heterocycles. The van der Waals surface area contributed by atoms with E-state index in [1.165, 1.54) is 6.07 Å². The number of nitro benzene ring substituents is 1. The number of benzene rings is 1. The van der Waals surface area contributed by atoms with Gasteiger partial charge < -0.3 is 14.7 Å². The summed E-state index contributed by atoms with van der Waals surface area (Å²) in [5, 5.41) is 20.2. The number of rotatable bonds is 3. The largest absolute Gasteiger partial charge is 0.437 e. The number of nitrogens with zero attached hydrogens (tertiary/aromatic N) is 3. The highest BCUT2D eigenvalue weighted by Crippen LogP contribution is 2.22. The van der Waals surface area contributed by atoms with Crippen molar-refractivity contribution >= 4 is 18.4 Å². The van der Waals surface area contributed by atoms with Crippen LogP contribution in [0.25, 0.3) is 0 Å². The highest BCUT2D eigenvalue weighted by molar-refractivity contribution is 6.45. The van der Waals surface area contributed by atoms with Gasteiger partial charge in [0.2, 0.25) is 0 Å². The minimum atomic E-state index is -0.433. The van der Waals surface area contributed by atoms with E-state index in [1.54, 1.807) is 19.0 Å². The maximum Gasteiger partial charge on any atom is 0.376 e. The van der Waals surface area contributed by atoms with Gasteiger partial charge >= 0.3 is 7.05 Å². The summed E-state index contributed by atoms with van der Waals surface area (Å²) in [4.78, 5) is 14.4. The van der Waals surface area contributed by atoms with E-state index in [4.69, 9.17) is 0 Å². The van der Waals surface area contributed by atoms with E-state index in [0.29, 0.717) is 0 Å². The van der Waals surface area contributed by atoms with Crippen molar-refractivity contribution in [3.8, 4) is 0 Å². The molecular formula is C11H16BN3O3. The predicted octanol–water partition coefficient (Wildman–Crippen LogP) is 0.827. The van der Waals surface area contributed by atoms with E-state index in [1.807, 2.05) is 10.9 Å². The van der Waals surface area contributed by atoms with Crippen LogP contribution < -0.4 is 4.90 Å². The standard InChI is InChI=1S/C11H16BN3O3/c1-12(16)14-7-5-13(6-8-14)10-3-2-4-11(9-10)15(17)18/h2-4,9,16H,5-8H2,1H3. The second-order valence-corrected chi connectivity index (χ2v) is 4.43. The summed E-state index contributed by atoms with van der Waals surface area (Å²) in [6.07, 6.45) is 0. The lowest BCUT2D eigenvalue weighted by molar-refractivity contribution is -0.384. The number of anilines is 1. The minimum Gasteiger partial charge on any atom is -0.437 e. The fourth-order valence-electron chi connectivity index (χ4n) is 2.16. The lowest BCUT2D eigenvalue weighted by Gasteiger charge is -2.36. The van der Waals surface area contributed by atoms with Crippen LogP contribution in [0.4, 0.5) is 11.4 Å². The number of nitro groups is 1. The minimum absolute atomic E-state index is 0.116. The zero-order chi connectivity index (χ0) is 13.1. The first-order valence-corrected chi connectivity index (χ1v) is 5.99. The average molecular weight is 249 g/mol. The van der Waals surface area contributed by atoms with Crippen molar-refractivity contribution in [2.75, 3.05) is 31.1 Å². The van der Waals surface area contributed by atoms with Crippen LogP contribution in [0.2, 0.25) is 6.82 Å². The van der Waals surface area contributed by atoms with Crippen LogP contribution in [-0.4, -0.2) is 48.0 Å². The fraction of sp³-hybridized carbons (Fsp3) is 0.455. The molecule has 1 N–H and O–H groups in total. The van der Waals surface area contributed by atoms with E-state index in [9.17, 15) is 15.1 Å². The molecule has 0 radical (unpaired) electrons. The van der Waals surface area contributed by atoms with Gasteiger partial charge in [-0.3, -0.25) is 10.1 Å². The highest BCUT2D eigenvalue weighted by Gasteiger charge is 2.23. The zero-order valence-electron chi connectivity index (χ0n) is 10.3. The van der Waals surface area contributed by atoms with Crippen molar-refractivity contribution in [3.05, 3.63) is 34.4 Å². The van der Waals surface area contributed by atoms with Gasteiger partial charge in [0.15, 0.2) is 0 Å². The lowest BCUT2D eigenvalue weighted by atomic mass is 9.84. The molecule has 0 spiro atoms. The Hall–Kier alpha value is -1.60. The molecule has 1 aromatic rings. The molecule has 0 bridgehead atoms. The van der Waals surface area contributed by atoms with Gasteiger partial charge in [-0.1, -0.05) is 6.07 Å². The molecule has 1 aliphatic rings. The summed E-state index contributed by atoms with van der Waals surface area (Å²) >= 11 is 0. The smallest absolute Gasteiger partial charge is 0.376 e. The zero-order valence-corrected chi connectivity index (χ0v) is 10.3. The molecule has 0 saturated carbocycles. The Morgan fingerprint density at radius 1 is 1.33 bits per heavy atom. The Kier molecular flexibility index (Phi) is 3.83. The fourth-order valence-corrected chi connectivity index (χ4v) is 2.16. The van der Waals surface area contributed by atoms with Crippen molar-refractivity contribution < 1.29 is 9.95 Å². The van der Waals surface area contributed by atoms with Crippen molar-refractivity contribution in [1.29, 1.82) is 0 Å². The number of hydrogen-bond acceptors (Lipinski definition) is 5. The molecule has 0 aliphatic carbocycles. The van der Waals surface area contributed by atoms with Crippen LogP contribution in [0, 0.1) is 10.1 Å². The van der Waals surface area contributed by atoms with E-state index in [2.05, 4.69) is 4.90 Å².